The fourth-order valence-electron chi connectivity index (χ4n) is 4.58. The maximum Gasteiger partial charge on any atom is 0.256 e. The van der Waals surface area contributed by atoms with Crippen LogP contribution in [0.4, 0.5) is 0 Å². The summed E-state index contributed by atoms with van der Waals surface area (Å²) in [4.78, 5) is 20.7. The van der Waals surface area contributed by atoms with Crippen molar-refractivity contribution >= 4 is 22.8 Å². The number of aliphatic imine (C=N–C) groups is 1. The SMILES string of the molecule is COCCN1C(=O)C2=C(N[C@@H]1c1ccccc1)SC(=NCC1CCCO1)N[C@@H]2c1ccccc1. The summed E-state index contributed by atoms with van der Waals surface area (Å²) in [5.74, 6) is 0.00619. The fraction of sp³-hybridized carbons (Fsp3) is 0.385. The summed E-state index contributed by atoms with van der Waals surface area (Å²) in [5.41, 5.74) is 2.78. The normalized spacial score (nSPS) is 25.8. The third kappa shape index (κ3) is 4.85. The maximum atomic E-state index is 14.0. The number of nitrogens with zero attached hydrogens (tertiary/aromatic N) is 2. The number of thioether (sulfide) groups is 1. The molecule has 0 aromatic heterocycles. The third-order valence-corrected chi connectivity index (χ3v) is 7.30. The van der Waals surface area contributed by atoms with Crippen molar-refractivity contribution in [3.8, 4) is 0 Å². The predicted molar refractivity (Wildman–Crippen MR) is 134 cm³/mol. The van der Waals surface area contributed by atoms with Gasteiger partial charge in [0, 0.05) is 20.3 Å². The number of carbonyl (C=O) groups excluding carboxylic acids is 1. The summed E-state index contributed by atoms with van der Waals surface area (Å²) in [6.45, 7) is 2.38. The Morgan fingerprint density at radius 2 is 1.82 bits per heavy atom. The lowest BCUT2D eigenvalue weighted by atomic mass is 9.95. The number of hydrogen-bond donors (Lipinski definition) is 2. The summed E-state index contributed by atoms with van der Waals surface area (Å²) < 4.78 is 11.1. The minimum Gasteiger partial charge on any atom is -0.383 e. The standard InChI is InChI=1S/C26H30N4O3S/c1-32-16-14-30-23(19-11-6-3-7-12-19)29-24-21(25(30)31)22(18-9-4-2-5-10-18)28-26(34-24)27-17-20-13-8-15-33-20/h2-7,9-12,20,22-23,29H,8,13-17H2,1H3,(H,27,28)/t20?,22-,23+/m1/s1. The van der Waals surface area contributed by atoms with Crippen molar-refractivity contribution in [2.75, 3.05) is 33.4 Å². The number of carbonyl (C=O) groups is 1. The van der Waals surface area contributed by atoms with Crippen LogP contribution in [0.3, 0.4) is 0 Å². The molecule has 3 heterocycles. The minimum absolute atomic E-state index is 0.00619. The van der Waals surface area contributed by atoms with Crippen LogP contribution in [0.5, 0.6) is 0 Å². The van der Waals surface area contributed by atoms with Crippen molar-refractivity contribution in [1.29, 1.82) is 0 Å². The Balaban J connectivity index is 1.52. The lowest BCUT2D eigenvalue weighted by Crippen LogP contribution is -2.52. The molecule has 0 radical (unpaired) electrons. The first-order chi connectivity index (χ1) is 16.7. The van der Waals surface area contributed by atoms with Crippen LogP contribution in [0.1, 0.15) is 36.2 Å². The van der Waals surface area contributed by atoms with Gasteiger partial charge in [-0.3, -0.25) is 9.79 Å². The molecule has 3 aliphatic heterocycles. The maximum absolute atomic E-state index is 14.0. The third-order valence-electron chi connectivity index (χ3n) is 6.32. The van der Waals surface area contributed by atoms with E-state index in [2.05, 4.69) is 10.6 Å². The lowest BCUT2D eigenvalue weighted by Gasteiger charge is -2.43. The zero-order valence-electron chi connectivity index (χ0n) is 19.3. The van der Waals surface area contributed by atoms with Gasteiger partial charge in [0.05, 0.1) is 35.9 Å². The average molecular weight is 479 g/mol. The molecule has 34 heavy (non-hydrogen) atoms. The summed E-state index contributed by atoms with van der Waals surface area (Å²) in [7, 11) is 1.66. The average Bonchev–Trinajstić information content (AvgIpc) is 3.41. The molecule has 1 fully saturated rings. The number of hydrogen-bond acceptors (Lipinski definition) is 6. The van der Waals surface area contributed by atoms with Crippen LogP contribution in [0.2, 0.25) is 0 Å². The molecule has 3 aliphatic rings. The van der Waals surface area contributed by atoms with Crippen molar-refractivity contribution in [2.45, 2.75) is 31.2 Å². The molecule has 8 heteroatoms. The van der Waals surface area contributed by atoms with Crippen molar-refractivity contribution in [3.05, 3.63) is 82.4 Å². The van der Waals surface area contributed by atoms with Gasteiger partial charge in [-0.2, -0.15) is 0 Å². The molecule has 178 valence electrons. The van der Waals surface area contributed by atoms with E-state index in [0.717, 1.165) is 46.3 Å². The highest BCUT2D eigenvalue weighted by molar-refractivity contribution is 8.17. The monoisotopic (exact) mass is 478 g/mol. The number of nitrogens with one attached hydrogen (secondary N) is 2. The number of ether oxygens (including phenoxy) is 2. The summed E-state index contributed by atoms with van der Waals surface area (Å²) in [6.07, 6.45) is 2.02. The smallest absolute Gasteiger partial charge is 0.256 e. The van der Waals surface area contributed by atoms with Gasteiger partial charge in [-0.05, 0) is 35.7 Å². The van der Waals surface area contributed by atoms with Gasteiger partial charge in [-0.15, -0.1) is 0 Å². The van der Waals surface area contributed by atoms with Crippen LogP contribution >= 0.6 is 11.8 Å². The largest absolute Gasteiger partial charge is 0.383 e. The Labute approximate surface area is 204 Å². The first-order valence-electron chi connectivity index (χ1n) is 11.8. The first kappa shape index (κ1) is 23.0. The second-order valence-electron chi connectivity index (χ2n) is 8.56. The summed E-state index contributed by atoms with van der Waals surface area (Å²) in [6, 6.07) is 19.9. The molecule has 0 bridgehead atoms. The van der Waals surface area contributed by atoms with Crippen LogP contribution in [0.25, 0.3) is 0 Å². The topological polar surface area (TPSA) is 75.2 Å². The van der Waals surface area contributed by atoms with Gasteiger partial charge in [0.25, 0.3) is 5.91 Å². The molecule has 2 N–H and O–H groups in total. The molecule has 2 aromatic carbocycles. The molecule has 1 amide bonds. The molecule has 5 rings (SSSR count). The fourth-order valence-corrected chi connectivity index (χ4v) is 5.57. The lowest BCUT2D eigenvalue weighted by molar-refractivity contribution is -0.132. The van der Waals surface area contributed by atoms with E-state index in [0.29, 0.717) is 19.7 Å². The van der Waals surface area contributed by atoms with Crippen molar-refractivity contribution < 1.29 is 14.3 Å². The molecule has 1 unspecified atom stereocenters. The number of methoxy groups -OCH3 is 1. The number of rotatable bonds is 7. The quantitative estimate of drug-likeness (QED) is 0.634. The molecular formula is C26H30N4O3S. The Hall–Kier alpha value is -2.81. The molecule has 2 aromatic rings. The first-order valence-corrected chi connectivity index (χ1v) is 12.6. The van der Waals surface area contributed by atoms with Crippen molar-refractivity contribution in [2.24, 2.45) is 4.99 Å². The van der Waals surface area contributed by atoms with Crippen LogP contribution in [-0.4, -0.2) is 55.5 Å². The molecule has 0 aliphatic carbocycles. The Morgan fingerprint density at radius 3 is 2.50 bits per heavy atom. The number of amidine groups is 1. The van der Waals surface area contributed by atoms with Gasteiger partial charge >= 0.3 is 0 Å². The highest BCUT2D eigenvalue weighted by atomic mass is 32.2. The zero-order chi connectivity index (χ0) is 23.3. The van der Waals surface area contributed by atoms with Crippen LogP contribution in [0.15, 0.2) is 76.3 Å². The van der Waals surface area contributed by atoms with E-state index in [1.165, 1.54) is 11.8 Å². The van der Waals surface area contributed by atoms with Crippen LogP contribution in [0, 0.1) is 0 Å². The van der Waals surface area contributed by atoms with Gasteiger partial charge in [0.15, 0.2) is 5.17 Å². The van der Waals surface area contributed by atoms with Gasteiger partial charge < -0.3 is 25.0 Å². The van der Waals surface area contributed by atoms with E-state index in [-0.39, 0.29) is 24.2 Å². The van der Waals surface area contributed by atoms with E-state index in [9.17, 15) is 4.79 Å². The zero-order valence-corrected chi connectivity index (χ0v) is 20.1. The van der Waals surface area contributed by atoms with Crippen LogP contribution in [-0.2, 0) is 14.3 Å². The number of amides is 1. The van der Waals surface area contributed by atoms with E-state index >= 15 is 0 Å². The van der Waals surface area contributed by atoms with Crippen LogP contribution < -0.4 is 10.6 Å². The second kappa shape index (κ2) is 10.6. The molecular weight excluding hydrogens is 448 g/mol. The van der Waals surface area contributed by atoms with E-state index in [4.69, 9.17) is 14.5 Å². The van der Waals surface area contributed by atoms with E-state index < -0.39 is 0 Å². The Kier molecular flexibility index (Phi) is 7.18. The van der Waals surface area contributed by atoms with Gasteiger partial charge in [0.2, 0.25) is 0 Å². The number of benzene rings is 2. The molecule has 0 saturated carbocycles. The van der Waals surface area contributed by atoms with Gasteiger partial charge in [-0.25, -0.2) is 0 Å². The molecule has 3 atom stereocenters. The highest BCUT2D eigenvalue weighted by Crippen LogP contribution is 2.41. The van der Waals surface area contributed by atoms with Gasteiger partial charge in [0.1, 0.15) is 6.17 Å². The van der Waals surface area contributed by atoms with Crippen molar-refractivity contribution in [1.82, 2.24) is 15.5 Å². The van der Waals surface area contributed by atoms with E-state index in [1.54, 1.807) is 7.11 Å². The second-order valence-corrected chi connectivity index (χ2v) is 9.56. The Morgan fingerprint density at radius 1 is 1.09 bits per heavy atom. The molecule has 1 saturated heterocycles. The summed E-state index contributed by atoms with van der Waals surface area (Å²) >= 11 is 1.50. The summed E-state index contributed by atoms with van der Waals surface area (Å²) in [5, 5.41) is 8.85. The highest BCUT2D eigenvalue weighted by Gasteiger charge is 2.42. The van der Waals surface area contributed by atoms with Gasteiger partial charge in [-0.1, -0.05) is 60.7 Å². The Bertz CT molecular complexity index is 1050. The van der Waals surface area contributed by atoms with Crippen molar-refractivity contribution in [3.63, 3.8) is 0 Å². The molecule has 7 nitrogen and oxygen atoms in total. The predicted octanol–water partition coefficient (Wildman–Crippen LogP) is 3.59. The molecule has 0 spiro atoms. The van der Waals surface area contributed by atoms with E-state index in [1.807, 2.05) is 65.6 Å². The minimum atomic E-state index is -0.289.